The molecule has 0 saturated carbocycles. The maximum Gasteiger partial charge on any atom is 0.0748 e. The molecule has 0 bridgehead atoms. The minimum Gasteiger partial charge on any atom is -0.367 e. The first-order valence-electron chi connectivity index (χ1n) is 8.69. The molecular formula is C22H22ClN3. The summed E-state index contributed by atoms with van der Waals surface area (Å²) in [6.07, 6.45) is 1.79. The summed E-state index contributed by atoms with van der Waals surface area (Å²) in [5.41, 5.74) is 7.31. The van der Waals surface area contributed by atoms with Crippen molar-refractivity contribution in [2.45, 2.75) is 13.5 Å². The Kier molecular flexibility index (Phi) is 6.29. The third-order valence-corrected chi connectivity index (χ3v) is 4.46. The molecule has 132 valence electrons. The van der Waals surface area contributed by atoms with E-state index < -0.39 is 0 Å². The summed E-state index contributed by atoms with van der Waals surface area (Å²) in [5, 5.41) is 4.91. The smallest absolute Gasteiger partial charge is 0.0748 e. The fourth-order valence-corrected chi connectivity index (χ4v) is 2.87. The molecule has 0 fully saturated rings. The first-order chi connectivity index (χ1) is 12.8. The van der Waals surface area contributed by atoms with Crippen molar-refractivity contribution in [2.75, 3.05) is 16.9 Å². The molecule has 0 unspecified atom stereocenters. The van der Waals surface area contributed by atoms with Gasteiger partial charge < -0.3 is 4.90 Å². The van der Waals surface area contributed by atoms with Gasteiger partial charge in [0.15, 0.2) is 0 Å². The molecule has 0 aromatic heterocycles. The highest BCUT2D eigenvalue weighted by atomic mass is 35.5. The van der Waals surface area contributed by atoms with E-state index in [1.807, 2.05) is 30.3 Å². The van der Waals surface area contributed by atoms with E-state index in [1.54, 1.807) is 6.21 Å². The van der Waals surface area contributed by atoms with Crippen molar-refractivity contribution in [3.63, 3.8) is 0 Å². The van der Waals surface area contributed by atoms with Gasteiger partial charge in [-0.05, 0) is 42.3 Å². The van der Waals surface area contributed by atoms with E-state index >= 15 is 0 Å². The summed E-state index contributed by atoms with van der Waals surface area (Å²) >= 11 is 6.10. The summed E-state index contributed by atoms with van der Waals surface area (Å²) in [5.74, 6) is 0. The van der Waals surface area contributed by atoms with Crippen LogP contribution < -0.4 is 10.3 Å². The molecule has 0 aliphatic carbocycles. The fraction of sp³-hybridized carbons (Fsp3) is 0.136. The summed E-state index contributed by atoms with van der Waals surface area (Å²) in [4.78, 5) is 2.35. The molecule has 0 aliphatic rings. The van der Waals surface area contributed by atoms with Crippen LogP contribution in [0.15, 0.2) is 84.0 Å². The summed E-state index contributed by atoms with van der Waals surface area (Å²) in [6, 6.07) is 26.5. The van der Waals surface area contributed by atoms with Crippen LogP contribution in [0.2, 0.25) is 5.02 Å². The normalized spacial score (nSPS) is 10.8. The lowest BCUT2D eigenvalue weighted by molar-refractivity contribution is 0.832. The van der Waals surface area contributed by atoms with Crippen LogP contribution in [-0.2, 0) is 6.54 Å². The lowest BCUT2D eigenvalue weighted by Gasteiger charge is -2.23. The van der Waals surface area contributed by atoms with Crippen molar-refractivity contribution < 1.29 is 0 Å². The second-order valence-electron chi connectivity index (χ2n) is 5.94. The Morgan fingerprint density at radius 1 is 0.923 bits per heavy atom. The number of benzene rings is 3. The number of para-hydroxylation sites is 1. The molecule has 0 radical (unpaired) electrons. The lowest BCUT2D eigenvalue weighted by Crippen LogP contribution is -2.21. The summed E-state index contributed by atoms with van der Waals surface area (Å²) < 4.78 is 0. The average molecular weight is 364 g/mol. The van der Waals surface area contributed by atoms with Gasteiger partial charge in [0.05, 0.1) is 16.9 Å². The van der Waals surface area contributed by atoms with Crippen LogP contribution in [0.1, 0.15) is 18.1 Å². The molecule has 0 heterocycles. The van der Waals surface area contributed by atoms with E-state index in [4.69, 9.17) is 11.6 Å². The third-order valence-electron chi connectivity index (χ3n) is 4.13. The molecule has 3 nitrogen and oxygen atoms in total. The highest BCUT2D eigenvalue weighted by Crippen LogP contribution is 2.20. The fourth-order valence-electron chi connectivity index (χ4n) is 2.69. The SMILES string of the molecule is CCN(Cc1ccccc1)c1ccc(/C=N\Nc2ccccc2Cl)cc1. The number of halogens is 1. The summed E-state index contributed by atoms with van der Waals surface area (Å²) in [6.45, 7) is 4.03. The number of rotatable bonds is 7. The molecule has 0 amide bonds. The zero-order valence-corrected chi connectivity index (χ0v) is 15.5. The number of hydrogen-bond donors (Lipinski definition) is 1. The van der Waals surface area contributed by atoms with E-state index in [0.29, 0.717) is 5.02 Å². The molecule has 0 spiro atoms. The minimum atomic E-state index is 0.652. The van der Waals surface area contributed by atoms with Gasteiger partial charge in [-0.2, -0.15) is 5.10 Å². The van der Waals surface area contributed by atoms with Crippen LogP contribution in [0, 0.1) is 0 Å². The molecule has 0 aliphatic heterocycles. The molecule has 0 saturated heterocycles. The van der Waals surface area contributed by atoms with Gasteiger partial charge in [-0.15, -0.1) is 0 Å². The van der Waals surface area contributed by atoms with Crippen molar-refractivity contribution in [2.24, 2.45) is 5.10 Å². The molecule has 4 heteroatoms. The Morgan fingerprint density at radius 3 is 2.31 bits per heavy atom. The Labute approximate surface area is 159 Å². The number of anilines is 2. The molecule has 26 heavy (non-hydrogen) atoms. The Hall–Kier alpha value is -2.78. The van der Waals surface area contributed by atoms with Crippen molar-refractivity contribution in [1.82, 2.24) is 0 Å². The number of hydrazone groups is 1. The van der Waals surface area contributed by atoms with E-state index in [0.717, 1.165) is 24.3 Å². The minimum absolute atomic E-state index is 0.652. The number of hydrogen-bond acceptors (Lipinski definition) is 3. The van der Waals surface area contributed by atoms with E-state index in [2.05, 4.69) is 70.9 Å². The topological polar surface area (TPSA) is 27.6 Å². The van der Waals surface area contributed by atoms with Gasteiger partial charge in [0.25, 0.3) is 0 Å². The third kappa shape index (κ3) is 4.87. The van der Waals surface area contributed by atoms with E-state index in [9.17, 15) is 0 Å². The van der Waals surface area contributed by atoms with E-state index in [-0.39, 0.29) is 0 Å². The first kappa shape index (κ1) is 18.0. The molecule has 1 N–H and O–H groups in total. The van der Waals surface area contributed by atoms with Crippen molar-refractivity contribution in [3.05, 3.63) is 95.0 Å². The van der Waals surface area contributed by atoms with Crippen LogP contribution in [0.4, 0.5) is 11.4 Å². The van der Waals surface area contributed by atoms with Gasteiger partial charge in [-0.3, -0.25) is 5.43 Å². The maximum absolute atomic E-state index is 6.10. The summed E-state index contributed by atoms with van der Waals surface area (Å²) in [7, 11) is 0. The predicted molar refractivity (Wildman–Crippen MR) is 112 cm³/mol. The van der Waals surface area contributed by atoms with E-state index in [1.165, 1.54) is 11.3 Å². The van der Waals surface area contributed by atoms with Crippen molar-refractivity contribution in [1.29, 1.82) is 0 Å². The lowest BCUT2D eigenvalue weighted by atomic mass is 10.1. The van der Waals surface area contributed by atoms with Crippen LogP contribution in [-0.4, -0.2) is 12.8 Å². The second kappa shape index (κ2) is 9.07. The van der Waals surface area contributed by atoms with Gasteiger partial charge in [0.1, 0.15) is 0 Å². The average Bonchev–Trinajstić information content (AvgIpc) is 2.69. The first-order valence-corrected chi connectivity index (χ1v) is 9.06. The van der Waals surface area contributed by atoms with Gasteiger partial charge in [0.2, 0.25) is 0 Å². The maximum atomic E-state index is 6.10. The van der Waals surface area contributed by atoms with Crippen LogP contribution in [0.3, 0.4) is 0 Å². The van der Waals surface area contributed by atoms with Gasteiger partial charge >= 0.3 is 0 Å². The number of nitrogens with zero attached hydrogens (tertiary/aromatic N) is 2. The Balaban J connectivity index is 1.63. The molecule has 3 rings (SSSR count). The van der Waals surface area contributed by atoms with Crippen molar-refractivity contribution in [3.8, 4) is 0 Å². The standard InChI is InChI=1S/C22H22ClN3/c1-2-26(17-19-8-4-3-5-9-19)20-14-12-18(13-15-20)16-24-25-22-11-7-6-10-21(22)23/h3-16,25H,2,17H2,1H3/b24-16-. The molecular weight excluding hydrogens is 342 g/mol. The van der Waals surface area contributed by atoms with Crippen LogP contribution >= 0.6 is 11.6 Å². The molecule has 3 aromatic carbocycles. The number of nitrogens with one attached hydrogen (secondary N) is 1. The van der Waals surface area contributed by atoms with Gasteiger partial charge in [0, 0.05) is 18.8 Å². The van der Waals surface area contributed by atoms with Gasteiger partial charge in [-0.1, -0.05) is 66.2 Å². The molecule has 0 atom stereocenters. The Bertz CT molecular complexity index is 845. The monoisotopic (exact) mass is 363 g/mol. The quantitative estimate of drug-likeness (QED) is 0.423. The predicted octanol–water partition coefficient (Wildman–Crippen LogP) is 5.81. The zero-order valence-electron chi connectivity index (χ0n) is 14.8. The highest BCUT2D eigenvalue weighted by Gasteiger charge is 2.05. The van der Waals surface area contributed by atoms with Crippen LogP contribution in [0.25, 0.3) is 0 Å². The van der Waals surface area contributed by atoms with Crippen molar-refractivity contribution >= 4 is 29.2 Å². The molecule has 3 aromatic rings. The second-order valence-corrected chi connectivity index (χ2v) is 6.35. The largest absolute Gasteiger partial charge is 0.367 e. The highest BCUT2D eigenvalue weighted by molar-refractivity contribution is 6.33. The van der Waals surface area contributed by atoms with Crippen LogP contribution in [0.5, 0.6) is 0 Å². The zero-order chi connectivity index (χ0) is 18.2. The van der Waals surface area contributed by atoms with Gasteiger partial charge in [-0.25, -0.2) is 0 Å². The Morgan fingerprint density at radius 2 is 1.62 bits per heavy atom.